The van der Waals surface area contributed by atoms with Gasteiger partial charge >= 0.3 is 0 Å². The quantitative estimate of drug-likeness (QED) is 0.759. The summed E-state index contributed by atoms with van der Waals surface area (Å²) in [5.74, 6) is 0.451. The maximum atomic E-state index is 12.2. The van der Waals surface area contributed by atoms with Crippen LogP contribution in [0.1, 0.15) is 0 Å². The Hall–Kier alpha value is -2.97. The number of carbonyl (C=O) groups is 1. The smallest absolute Gasteiger partial charge is 0.239 e. The fraction of sp³-hybridized carbons (Fsp3) is 0.278. The number of hydrogen-bond donors (Lipinski definition) is 1. The molecule has 0 atom stereocenters. The summed E-state index contributed by atoms with van der Waals surface area (Å²) in [5, 5.41) is 12.4. The molecule has 1 fully saturated rings. The van der Waals surface area contributed by atoms with Crippen molar-refractivity contribution in [1.82, 2.24) is 25.1 Å². The van der Waals surface area contributed by atoms with E-state index in [2.05, 4.69) is 30.4 Å². The van der Waals surface area contributed by atoms with Gasteiger partial charge in [0.2, 0.25) is 5.91 Å². The molecule has 0 saturated carbocycles. The predicted molar refractivity (Wildman–Crippen MR) is 96.5 cm³/mol. The first kappa shape index (κ1) is 16.5. The predicted octanol–water partition coefficient (Wildman–Crippen LogP) is 1.36. The number of nitrogens with zero attached hydrogens (tertiary/aromatic N) is 5. The number of aromatic nitrogens is 4. The van der Waals surface area contributed by atoms with Crippen LogP contribution in [0.3, 0.4) is 0 Å². The van der Waals surface area contributed by atoms with Crippen LogP contribution in [-0.4, -0.2) is 63.8 Å². The van der Waals surface area contributed by atoms with E-state index in [4.69, 9.17) is 4.74 Å². The zero-order valence-corrected chi connectivity index (χ0v) is 14.1. The minimum atomic E-state index is -0.0774. The van der Waals surface area contributed by atoms with E-state index in [1.165, 1.54) is 0 Å². The van der Waals surface area contributed by atoms with Crippen molar-refractivity contribution in [3.8, 4) is 11.3 Å². The van der Waals surface area contributed by atoms with Crippen LogP contribution >= 0.6 is 0 Å². The van der Waals surface area contributed by atoms with Gasteiger partial charge in [-0.2, -0.15) is 10.2 Å². The monoisotopic (exact) mass is 350 g/mol. The number of anilines is 1. The van der Waals surface area contributed by atoms with Crippen LogP contribution in [0.5, 0.6) is 0 Å². The van der Waals surface area contributed by atoms with Crippen LogP contribution < -0.4 is 5.32 Å². The number of fused-ring (bicyclic) bond motifs is 1. The van der Waals surface area contributed by atoms with E-state index < -0.39 is 0 Å². The van der Waals surface area contributed by atoms with E-state index in [-0.39, 0.29) is 5.91 Å². The third-order valence-corrected chi connectivity index (χ3v) is 4.22. The Morgan fingerprint density at radius 1 is 1.08 bits per heavy atom. The number of rotatable bonds is 4. The summed E-state index contributed by atoms with van der Waals surface area (Å²) in [6, 6.07) is 5.66. The first-order chi connectivity index (χ1) is 12.8. The van der Waals surface area contributed by atoms with E-state index in [1.54, 1.807) is 24.8 Å². The van der Waals surface area contributed by atoms with Crippen molar-refractivity contribution in [2.75, 3.05) is 38.2 Å². The van der Waals surface area contributed by atoms with Crippen molar-refractivity contribution in [3.05, 3.63) is 43.0 Å². The molecule has 4 rings (SSSR count). The van der Waals surface area contributed by atoms with Gasteiger partial charge in [-0.05, 0) is 23.6 Å². The van der Waals surface area contributed by atoms with E-state index in [0.29, 0.717) is 25.6 Å². The summed E-state index contributed by atoms with van der Waals surface area (Å²) in [7, 11) is 0. The van der Waals surface area contributed by atoms with Gasteiger partial charge in [0.15, 0.2) is 0 Å². The minimum Gasteiger partial charge on any atom is -0.379 e. The second-order valence-electron chi connectivity index (χ2n) is 6.05. The third-order valence-electron chi connectivity index (χ3n) is 4.22. The van der Waals surface area contributed by atoms with Crippen molar-refractivity contribution in [2.45, 2.75) is 0 Å². The normalized spacial score (nSPS) is 15.1. The SMILES string of the molecule is O=C(CN1CCOCC1)Nc1cc2cc(-c3ccnnc3)ncc2cn1. The molecule has 3 aromatic heterocycles. The lowest BCUT2D eigenvalue weighted by molar-refractivity contribution is -0.118. The lowest BCUT2D eigenvalue weighted by Crippen LogP contribution is -2.41. The number of carbonyl (C=O) groups excluding carboxylic acids is 1. The van der Waals surface area contributed by atoms with Crippen molar-refractivity contribution in [2.24, 2.45) is 0 Å². The molecule has 4 heterocycles. The largest absolute Gasteiger partial charge is 0.379 e. The van der Waals surface area contributed by atoms with Gasteiger partial charge in [0.25, 0.3) is 0 Å². The minimum absolute atomic E-state index is 0.0774. The van der Waals surface area contributed by atoms with Gasteiger partial charge < -0.3 is 10.1 Å². The fourth-order valence-corrected chi connectivity index (χ4v) is 2.85. The number of nitrogens with one attached hydrogen (secondary N) is 1. The van der Waals surface area contributed by atoms with Crippen LogP contribution in [0.2, 0.25) is 0 Å². The molecule has 0 unspecified atom stereocenters. The number of ether oxygens (including phenoxy) is 1. The number of amides is 1. The van der Waals surface area contributed by atoms with Crippen molar-refractivity contribution in [1.29, 1.82) is 0 Å². The van der Waals surface area contributed by atoms with Crippen molar-refractivity contribution < 1.29 is 9.53 Å². The average molecular weight is 350 g/mol. The molecule has 3 aromatic rings. The van der Waals surface area contributed by atoms with Gasteiger partial charge in [-0.15, -0.1) is 0 Å². The summed E-state index contributed by atoms with van der Waals surface area (Å²) in [4.78, 5) is 23.0. The van der Waals surface area contributed by atoms with Crippen LogP contribution in [-0.2, 0) is 9.53 Å². The lowest BCUT2D eigenvalue weighted by atomic mass is 10.1. The Bertz CT molecular complexity index is 912. The topological polar surface area (TPSA) is 93.1 Å². The first-order valence-corrected chi connectivity index (χ1v) is 8.41. The molecule has 8 heteroatoms. The highest BCUT2D eigenvalue weighted by Gasteiger charge is 2.14. The lowest BCUT2D eigenvalue weighted by Gasteiger charge is -2.25. The third kappa shape index (κ3) is 3.81. The molecule has 0 aromatic carbocycles. The maximum absolute atomic E-state index is 12.2. The van der Waals surface area contributed by atoms with Gasteiger partial charge in [0.05, 0.1) is 37.8 Å². The highest BCUT2D eigenvalue weighted by molar-refractivity contribution is 5.94. The molecule has 0 aliphatic carbocycles. The molecule has 8 nitrogen and oxygen atoms in total. The summed E-state index contributed by atoms with van der Waals surface area (Å²) in [6.45, 7) is 3.22. The number of pyridine rings is 2. The molecule has 26 heavy (non-hydrogen) atoms. The molecule has 0 spiro atoms. The van der Waals surface area contributed by atoms with Gasteiger partial charge in [0.1, 0.15) is 5.82 Å². The molecule has 1 amide bonds. The van der Waals surface area contributed by atoms with E-state index >= 15 is 0 Å². The molecule has 1 aliphatic heterocycles. The van der Waals surface area contributed by atoms with Crippen LogP contribution in [0.25, 0.3) is 22.0 Å². The van der Waals surface area contributed by atoms with Gasteiger partial charge in [-0.3, -0.25) is 14.7 Å². The highest BCUT2D eigenvalue weighted by Crippen LogP contribution is 2.22. The maximum Gasteiger partial charge on any atom is 0.239 e. The molecule has 1 saturated heterocycles. The fourth-order valence-electron chi connectivity index (χ4n) is 2.85. The standard InChI is InChI=1S/C18H18N6O2/c25-18(12-24-3-5-26-6-4-24)23-17-8-14-7-16(13-1-2-21-22-11-13)19-9-15(14)10-20-17/h1-2,7-11H,3-6,12H2,(H,20,23,25). The summed E-state index contributed by atoms with van der Waals surface area (Å²) in [5.41, 5.74) is 1.68. The second-order valence-corrected chi connectivity index (χ2v) is 6.05. The Balaban J connectivity index is 1.51. The van der Waals surface area contributed by atoms with Crippen molar-refractivity contribution >= 4 is 22.5 Å². The average Bonchev–Trinajstić information content (AvgIpc) is 2.69. The summed E-state index contributed by atoms with van der Waals surface area (Å²) in [6.07, 6.45) is 6.77. The van der Waals surface area contributed by atoms with E-state index in [0.717, 1.165) is 35.1 Å². The second kappa shape index (κ2) is 7.51. The Morgan fingerprint density at radius 2 is 1.92 bits per heavy atom. The van der Waals surface area contributed by atoms with Crippen LogP contribution in [0, 0.1) is 0 Å². The first-order valence-electron chi connectivity index (χ1n) is 8.41. The number of hydrogen-bond acceptors (Lipinski definition) is 7. The van der Waals surface area contributed by atoms with Crippen LogP contribution in [0.15, 0.2) is 43.0 Å². The van der Waals surface area contributed by atoms with E-state index in [9.17, 15) is 4.79 Å². The molecule has 132 valence electrons. The Kier molecular flexibility index (Phi) is 4.76. The van der Waals surface area contributed by atoms with Gasteiger partial charge in [0, 0.05) is 36.4 Å². The number of morpholine rings is 1. The summed E-state index contributed by atoms with van der Waals surface area (Å²) < 4.78 is 5.30. The van der Waals surface area contributed by atoms with Gasteiger partial charge in [-0.1, -0.05) is 0 Å². The highest BCUT2D eigenvalue weighted by atomic mass is 16.5. The van der Waals surface area contributed by atoms with Crippen molar-refractivity contribution in [3.63, 3.8) is 0 Å². The molecule has 0 radical (unpaired) electrons. The molecule has 1 aliphatic rings. The molecular weight excluding hydrogens is 332 g/mol. The zero-order valence-electron chi connectivity index (χ0n) is 14.1. The van der Waals surface area contributed by atoms with Crippen LogP contribution in [0.4, 0.5) is 5.82 Å². The zero-order chi connectivity index (χ0) is 17.8. The molecule has 1 N–H and O–H groups in total. The van der Waals surface area contributed by atoms with E-state index in [1.807, 2.05) is 18.2 Å². The Morgan fingerprint density at radius 3 is 2.73 bits per heavy atom. The summed E-state index contributed by atoms with van der Waals surface area (Å²) >= 11 is 0. The Labute approximate surface area is 150 Å². The van der Waals surface area contributed by atoms with Gasteiger partial charge in [-0.25, -0.2) is 4.98 Å². The molecule has 0 bridgehead atoms. The molecular formula is C18H18N6O2.